The van der Waals surface area contributed by atoms with Gasteiger partial charge in [-0.2, -0.15) is 13.2 Å². The summed E-state index contributed by atoms with van der Waals surface area (Å²) in [6.07, 6.45) is -3.53. The van der Waals surface area contributed by atoms with Gasteiger partial charge in [-0.1, -0.05) is 18.2 Å². The highest BCUT2D eigenvalue weighted by Crippen LogP contribution is 2.39. The van der Waals surface area contributed by atoms with Gasteiger partial charge < -0.3 is 15.1 Å². The molecule has 3 aromatic carbocycles. The number of anilines is 1. The van der Waals surface area contributed by atoms with Gasteiger partial charge in [-0.25, -0.2) is 9.97 Å². The Labute approximate surface area is 191 Å². The number of aromatic nitrogens is 2. The molecule has 0 radical (unpaired) electrons. The zero-order chi connectivity index (χ0) is 24.0. The zero-order valence-corrected chi connectivity index (χ0v) is 17.7. The average Bonchev–Trinajstić information content (AvgIpc) is 2.81. The van der Waals surface area contributed by atoms with Crippen molar-refractivity contribution in [3.8, 4) is 22.8 Å². The first-order valence-corrected chi connectivity index (χ1v) is 10.5. The normalized spacial score (nSPS) is 13.7. The summed E-state index contributed by atoms with van der Waals surface area (Å²) < 4.78 is 41.5. The minimum absolute atomic E-state index is 0.0227. The van der Waals surface area contributed by atoms with Gasteiger partial charge in [0.2, 0.25) is 0 Å². The molecule has 4 aromatic rings. The van der Waals surface area contributed by atoms with Crippen molar-refractivity contribution >= 4 is 22.6 Å². The van der Waals surface area contributed by atoms with Crippen molar-refractivity contribution in [2.75, 3.05) is 11.4 Å². The molecule has 1 aliphatic rings. The van der Waals surface area contributed by atoms with E-state index < -0.39 is 17.8 Å². The summed E-state index contributed by atoms with van der Waals surface area (Å²) in [6, 6.07) is 14.8. The Morgan fingerprint density at radius 2 is 1.68 bits per heavy atom. The van der Waals surface area contributed by atoms with Gasteiger partial charge in [0.15, 0.2) is 5.69 Å². The molecule has 0 unspecified atom stereocenters. The fourth-order valence-electron chi connectivity index (χ4n) is 4.20. The van der Waals surface area contributed by atoms with Crippen molar-refractivity contribution in [2.45, 2.75) is 19.0 Å². The number of alkyl halides is 3. The molecule has 9 heteroatoms. The van der Waals surface area contributed by atoms with Crippen LogP contribution in [0.1, 0.15) is 28.0 Å². The number of hydrogen-bond acceptors (Lipinski definition) is 5. The van der Waals surface area contributed by atoms with Crippen LogP contribution in [0.2, 0.25) is 0 Å². The number of rotatable bonds is 2. The second-order valence-electron chi connectivity index (χ2n) is 8.01. The maximum Gasteiger partial charge on any atom is 0.435 e. The maximum atomic E-state index is 13.8. The van der Waals surface area contributed by atoms with Crippen LogP contribution in [-0.2, 0) is 12.6 Å². The van der Waals surface area contributed by atoms with Gasteiger partial charge in [0, 0.05) is 23.9 Å². The highest BCUT2D eigenvalue weighted by Gasteiger charge is 2.37. The zero-order valence-electron chi connectivity index (χ0n) is 17.7. The molecule has 0 fully saturated rings. The van der Waals surface area contributed by atoms with Crippen molar-refractivity contribution in [2.24, 2.45) is 0 Å². The van der Waals surface area contributed by atoms with E-state index in [1.165, 1.54) is 29.2 Å². The van der Waals surface area contributed by atoms with Gasteiger partial charge in [0.05, 0.1) is 16.6 Å². The van der Waals surface area contributed by atoms with E-state index in [-0.39, 0.29) is 33.8 Å². The second kappa shape index (κ2) is 8.02. The maximum absolute atomic E-state index is 13.8. The Kier molecular flexibility index (Phi) is 5.11. The van der Waals surface area contributed by atoms with Gasteiger partial charge in [0.1, 0.15) is 17.2 Å². The van der Waals surface area contributed by atoms with Gasteiger partial charge in [-0.3, -0.25) is 4.79 Å². The first kappa shape index (κ1) is 21.7. The summed E-state index contributed by atoms with van der Waals surface area (Å²) in [4.78, 5) is 22.7. The lowest BCUT2D eigenvalue weighted by Gasteiger charge is -2.30. The van der Waals surface area contributed by atoms with Crippen LogP contribution in [0.15, 0.2) is 60.7 Å². The first-order valence-electron chi connectivity index (χ1n) is 10.5. The van der Waals surface area contributed by atoms with E-state index >= 15 is 0 Å². The number of amides is 1. The number of halogens is 3. The lowest BCUT2D eigenvalue weighted by molar-refractivity contribution is -0.140. The lowest BCUT2D eigenvalue weighted by Crippen LogP contribution is -2.35. The Bertz CT molecular complexity index is 1440. The number of aryl methyl sites for hydroxylation is 1. The molecule has 0 aliphatic carbocycles. The van der Waals surface area contributed by atoms with E-state index in [1.807, 2.05) is 0 Å². The van der Waals surface area contributed by atoms with Crippen molar-refractivity contribution in [1.29, 1.82) is 0 Å². The van der Waals surface area contributed by atoms with Crippen LogP contribution >= 0.6 is 0 Å². The van der Waals surface area contributed by atoms with Crippen LogP contribution in [0.5, 0.6) is 11.5 Å². The minimum atomic E-state index is -4.69. The average molecular weight is 465 g/mol. The summed E-state index contributed by atoms with van der Waals surface area (Å²) in [5.74, 6) is -0.989. The lowest BCUT2D eigenvalue weighted by atomic mass is 9.96. The summed E-state index contributed by atoms with van der Waals surface area (Å²) in [7, 11) is 0. The van der Waals surface area contributed by atoms with E-state index in [9.17, 15) is 28.2 Å². The topological polar surface area (TPSA) is 86.5 Å². The number of aromatic hydroxyl groups is 2. The van der Waals surface area contributed by atoms with E-state index in [0.717, 1.165) is 6.07 Å². The Morgan fingerprint density at radius 1 is 0.941 bits per heavy atom. The number of carbonyl (C=O) groups excluding carboxylic acids is 1. The molecule has 0 spiro atoms. The summed E-state index contributed by atoms with van der Waals surface area (Å²) in [5.41, 5.74) is 0.691. The molecule has 0 atom stereocenters. The van der Waals surface area contributed by atoms with Crippen molar-refractivity contribution in [1.82, 2.24) is 9.97 Å². The molecule has 6 nitrogen and oxygen atoms in total. The standard InChI is InChI=1S/C25H18F3N3O3/c26-25(27,28)23-22(29-18-5-1-2-6-19(18)30-23)15-7-10-20-14(12-15)4-3-11-31(20)24(34)17-9-8-16(32)13-21(17)33/h1-2,5-10,12-13,32-33H,3-4,11H2. The molecule has 5 rings (SSSR count). The molecular formula is C25H18F3N3O3. The van der Waals surface area contributed by atoms with E-state index in [2.05, 4.69) is 9.97 Å². The SMILES string of the molecule is O=C(c1ccc(O)cc1O)N1CCCc2cc(-c3nc4ccccc4nc3C(F)(F)F)ccc21. The Balaban J connectivity index is 1.59. The third-order valence-corrected chi connectivity index (χ3v) is 5.77. The molecule has 1 aromatic heterocycles. The van der Waals surface area contributed by atoms with Crippen LogP contribution < -0.4 is 4.90 Å². The number of benzene rings is 3. The number of fused-ring (bicyclic) bond motifs is 2. The fourth-order valence-corrected chi connectivity index (χ4v) is 4.20. The number of carbonyl (C=O) groups is 1. The Hall–Kier alpha value is -4.14. The summed E-state index contributed by atoms with van der Waals surface area (Å²) in [5, 5.41) is 19.6. The molecule has 34 heavy (non-hydrogen) atoms. The van der Waals surface area contributed by atoms with E-state index in [0.29, 0.717) is 36.2 Å². The Morgan fingerprint density at radius 3 is 2.38 bits per heavy atom. The van der Waals surface area contributed by atoms with E-state index in [4.69, 9.17) is 0 Å². The minimum Gasteiger partial charge on any atom is -0.508 e. The molecule has 2 N–H and O–H groups in total. The van der Waals surface area contributed by atoms with Crippen LogP contribution in [0, 0.1) is 0 Å². The predicted molar refractivity (Wildman–Crippen MR) is 120 cm³/mol. The third kappa shape index (κ3) is 3.79. The summed E-state index contributed by atoms with van der Waals surface area (Å²) >= 11 is 0. The molecule has 0 bridgehead atoms. The smallest absolute Gasteiger partial charge is 0.435 e. The summed E-state index contributed by atoms with van der Waals surface area (Å²) in [6.45, 7) is 0.384. The first-order chi connectivity index (χ1) is 16.2. The largest absolute Gasteiger partial charge is 0.508 e. The predicted octanol–water partition coefficient (Wildman–Crippen LogP) is 5.32. The molecule has 1 aliphatic heterocycles. The number of hydrogen-bond donors (Lipinski definition) is 2. The molecule has 0 saturated carbocycles. The van der Waals surface area contributed by atoms with Crippen LogP contribution in [0.3, 0.4) is 0 Å². The van der Waals surface area contributed by atoms with E-state index in [1.54, 1.807) is 30.3 Å². The fraction of sp³-hybridized carbons (Fsp3) is 0.160. The second-order valence-corrected chi connectivity index (χ2v) is 8.01. The van der Waals surface area contributed by atoms with Gasteiger partial charge >= 0.3 is 6.18 Å². The molecule has 172 valence electrons. The number of nitrogens with zero attached hydrogens (tertiary/aromatic N) is 3. The van der Waals surface area contributed by atoms with Crippen LogP contribution in [-0.4, -0.2) is 32.6 Å². The molecular weight excluding hydrogens is 447 g/mol. The van der Waals surface area contributed by atoms with Gasteiger partial charge in [-0.15, -0.1) is 0 Å². The van der Waals surface area contributed by atoms with Gasteiger partial charge in [-0.05, 0) is 54.8 Å². The van der Waals surface area contributed by atoms with Crippen molar-refractivity contribution in [3.63, 3.8) is 0 Å². The van der Waals surface area contributed by atoms with Crippen molar-refractivity contribution < 1.29 is 28.2 Å². The van der Waals surface area contributed by atoms with Crippen LogP contribution in [0.4, 0.5) is 18.9 Å². The molecule has 0 saturated heterocycles. The quantitative estimate of drug-likeness (QED) is 0.419. The monoisotopic (exact) mass is 465 g/mol. The van der Waals surface area contributed by atoms with Crippen LogP contribution in [0.25, 0.3) is 22.3 Å². The highest BCUT2D eigenvalue weighted by atomic mass is 19.4. The molecule has 2 heterocycles. The van der Waals surface area contributed by atoms with Crippen molar-refractivity contribution in [3.05, 3.63) is 77.5 Å². The van der Waals surface area contributed by atoms with Gasteiger partial charge in [0.25, 0.3) is 5.91 Å². The third-order valence-electron chi connectivity index (χ3n) is 5.77. The number of para-hydroxylation sites is 2. The number of phenols is 2. The molecule has 1 amide bonds. The highest BCUT2D eigenvalue weighted by molar-refractivity contribution is 6.08. The number of phenolic OH excluding ortho intramolecular Hbond substituents is 2.